The van der Waals surface area contributed by atoms with Crippen LogP contribution in [0.25, 0.3) is 0 Å². The highest BCUT2D eigenvalue weighted by Gasteiger charge is 2.36. The Labute approximate surface area is 118 Å². The fraction of sp³-hybridized carbons (Fsp3) is 0.600. The van der Waals surface area contributed by atoms with Crippen LogP contribution in [0.3, 0.4) is 0 Å². The molecule has 1 N–H and O–H groups in total. The molecule has 1 aromatic heterocycles. The summed E-state index contributed by atoms with van der Waals surface area (Å²) in [6.45, 7) is 0.694. The standard InChI is InChI=1S/C15H20N2O3/c18-14(8-7-12-3-2-10-20-12)17-9-1-4-13(17)15(19)16-11-5-6-11/h2-3,10-11,13H,1,4-9H2,(H,16,19). The van der Waals surface area contributed by atoms with Crippen LogP contribution in [0.15, 0.2) is 22.8 Å². The molecule has 5 nitrogen and oxygen atoms in total. The van der Waals surface area contributed by atoms with Crippen LogP contribution in [0.5, 0.6) is 0 Å². The van der Waals surface area contributed by atoms with Crippen LogP contribution < -0.4 is 5.32 Å². The van der Waals surface area contributed by atoms with Crippen LogP contribution in [0, 0.1) is 0 Å². The van der Waals surface area contributed by atoms with E-state index in [9.17, 15) is 9.59 Å². The monoisotopic (exact) mass is 276 g/mol. The summed E-state index contributed by atoms with van der Waals surface area (Å²) in [5.74, 6) is 0.891. The van der Waals surface area contributed by atoms with E-state index in [1.54, 1.807) is 11.2 Å². The average Bonchev–Trinajstić information content (AvgIpc) is 2.98. The fourth-order valence-corrected chi connectivity index (χ4v) is 2.69. The number of amides is 2. The van der Waals surface area contributed by atoms with E-state index in [0.29, 0.717) is 25.4 Å². The van der Waals surface area contributed by atoms with Gasteiger partial charge in [0.25, 0.3) is 0 Å². The highest BCUT2D eigenvalue weighted by atomic mass is 16.3. The molecule has 1 aliphatic carbocycles. The Morgan fingerprint density at radius 1 is 1.35 bits per heavy atom. The summed E-state index contributed by atoms with van der Waals surface area (Å²) in [4.78, 5) is 26.1. The largest absolute Gasteiger partial charge is 0.469 e. The maximum absolute atomic E-state index is 12.3. The molecule has 1 aliphatic heterocycles. The number of nitrogens with one attached hydrogen (secondary N) is 1. The van der Waals surface area contributed by atoms with E-state index < -0.39 is 0 Å². The molecule has 1 atom stereocenters. The van der Waals surface area contributed by atoms with Crippen molar-refractivity contribution in [3.63, 3.8) is 0 Å². The molecule has 2 heterocycles. The van der Waals surface area contributed by atoms with Gasteiger partial charge in [-0.25, -0.2) is 0 Å². The van der Waals surface area contributed by atoms with Gasteiger partial charge in [0.15, 0.2) is 0 Å². The quantitative estimate of drug-likeness (QED) is 0.886. The van der Waals surface area contributed by atoms with Crippen molar-refractivity contribution in [1.82, 2.24) is 10.2 Å². The Balaban J connectivity index is 1.53. The summed E-state index contributed by atoms with van der Waals surface area (Å²) in [5, 5.41) is 3.00. The lowest BCUT2D eigenvalue weighted by atomic mass is 10.2. The Kier molecular flexibility index (Phi) is 3.76. The Bertz CT molecular complexity index is 479. The normalized spacial score (nSPS) is 22.0. The average molecular weight is 276 g/mol. The molecule has 0 spiro atoms. The van der Waals surface area contributed by atoms with Crippen LogP contribution in [-0.4, -0.2) is 35.3 Å². The van der Waals surface area contributed by atoms with Crippen molar-refractivity contribution in [1.29, 1.82) is 0 Å². The maximum Gasteiger partial charge on any atom is 0.243 e. The lowest BCUT2D eigenvalue weighted by Crippen LogP contribution is -2.46. The minimum Gasteiger partial charge on any atom is -0.469 e. The zero-order valence-corrected chi connectivity index (χ0v) is 11.5. The maximum atomic E-state index is 12.3. The van der Waals surface area contributed by atoms with Crippen LogP contribution in [0.2, 0.25) is 0 Å². The van der Waals surface area contributed by atoms with E-state index in [-0.39, 0.29) is 17.9 Å². The van der Waals surface area contributed by atoms with E-state index >= 15 is 0 Å². The predicted octanol–water partition coefficient (Wildman–Crippen LogP) is 1.48. The molecule has 1 unspecified atom stereocenters. The van der Waals surface area contributed by atoms with Gasteiger partial charge in [-0.3, -0.25) is 9.59 Å². The van der Waals surface area contributed by atoms with Gasteiger partial charge in [0.05, 0.1) is 6.26 Å². The number of furan rings is 1. The van der Waals surface area contributed by atoms with Crippen molar-refractivity contribution in [2.75, 3.05) is 6.54 Å². The highest BCUT2D eigenvalue weighted by Crippen LogP contribution is 2.23. The van der Waals surface area contributed by atoms with E-state index in [1.807, 2.05) is 12.1 Å². The van der Waals surface area contributed by atoms with Crippen LogP contribution in [0.1, 0.15) is 37.9 Å². The first-order valence-corrected chi connectivity index (χ1v) is 7.36. The van der Waals surface area contributed by atoms with E-state index in [1.165, 1.54) is 0 Å². The first kappa shape index (κ1) is 13.2. The number of nitrogens with zero attached hydrogens (tertiary/aromatic N) is 1. The second-order valence-corrected chi connectivity index (χ2v) is 5.61. The lowest BCUT2D eigenvalue weighted by Gasteiger charge is -2.23. The summed E-state index contributed by atoms with van der Waals surface area (Å²) in [5.41, 5.74) is 0. The van der Waals surface area contributed by atoms with Gasteiger partial charge in [0.2, 0.25) is 11.8 Å². The molecule has 0 radical (unpaired) electrons. The molecule has 2 aliphatic rings. The lowest BCUT2D eigenvalue weighted by molar-refractivity contribution is -0.138. The number of rotatable bonds is 5. The Morgan fingerprint density at radius 2 is 2.20 bits per heavy atom. The van der Waals surface area contributed by atoms with E-state index in [0.717, 1.165) is 31.4 Å². The first-order valence-electron chi connectivity index (χ1n) is 7.36. The van der Waals surface area contributed by atoms with Gasteiger partial charge in [-0.1, -0.05) is 0 Å². The number of aryl methyl sites for hydroxylation is 1. The fourth-order valence-electron chi connectivity index (χ4n) is 2.69. The Morgan fingerprint density at radius 3 is 2.90 bits per heavy atom. The minimum atomic E-state index is -0.264. The van der Waals surface area contributed by atoms with Gasteiger partial charge in [-0.2, -0.15) is 0 Å². The van der Waals surface area contributed by atoms with Crippen molar-refractivity contribution < 1.29 is 14.0 Å². The van der Waals surface area contributed by atoms with Gasteiger partial charge in [0, 0.05) is 25.4 Å². The van der Waals surface area contributed by atoms with E-state index in [2.05, 4.69) is 5.32 Å². The summed E-state index contributed by atoms with van der Waals surface area (Å²) in [7, 11) is 0. The number of carbonyl (C=O) groups excluding carboxylic acids is 2. The predicted molar refractivity (Wildman–Crippen MR) is 72.9 cm³/mol. The molecule has 2 fully saturated rings. The van der Waals surface area contributed by atoms with Crippen molar-refractivity contribution in [2.24, 2.45) is 0 Å². The molecular formula is C15H20N2O3. The molecule has 108 valence electrons. The zero-order valence-electron chi connectivity index (χ0n) is 11.5. The smallest absolute Gasteiger partial charge is 0.243 e. The second kappa shape index (κ2) is 5.69. The van der Waals surface area contributed by atoms with Crippen LogP contribution >= 0.6 is 0 Å². The molecule has 0 aromatic carbocycles. The number of hydrogen-bond donors (Lipinski definition) is 1. The highest BCUT2D eigenvalue weighted by molar-refractivity contribution is 5.88. The summed E-state index contributed by atoms with van der Waals surface area (Å²) < 4.78 is 5.23. The number of likely N-dealkylation sites (tertiary alicyclic amines) is 1. The van der Waals surface area contributed by atoms with Crippen molar-refractivity contribution >= 4 is 11.8 Å². The van der Waals surface area contributed by atoms with Crippen LogP contribution in [0.4, 0.5) is 0 Å². The second-order valence-electron chi connectivity index (χ2n) is 5.61. The molecule has 5 heteroatoms. The first-order chi connectivity index (χ1) is 9.74. The van der Waals surface area contributed by atoms with E-state index in [4.69, 9.17) is 4.42 Å². The molecule has 1 saturated carbocycles. The summed E-state index contributed by atoms with van der Waals surface area (Å²) in [6, 6.07) is 3.78. The summed E-state index contributed by atoms with van der Waals surface area (Å²) in [6.07, 6.45) is 6.46. The molecule has 20 heavy (non-hydrogen) atoms. The number of hydrogen-bond acceptors (Lipinski definition) is 3. The van der Waals surface area contributed by atoms with Crippen molar-refractivity contribution in [3.8, 4) is 0 Å². The topological polar surface area (TPSA) is 62.6 Å². The minimum absolute atomic E-state index is 0.0244. The van der Waals surface area contributed by atoms with Crippen molar-refractivity contribution in [2.45, 2.75) is 50.6 Å². The molecule has 1 saturated heterocycles. The van der Waals surface area contributed by atoms with Gasteiger partial charge in [-0.05, 0) is 37.8 Å². The van der Waals surface area contributed by atoms with Crippen LogP contribution in [-0.2, 0) is 16.0 Å². The van der Waals surface area contributed by atoms with Crippen molar-refractivity contribution in [3.05, 3.63) is 24.2 Å². The molecular weight excluding hydrogens is 256 g/mol. The van der Waals surface area contributed by atoms with Gasteiger partial charge < -0.3 is 14.6 Å². The zero-order chi connectivity index (χ0) is 13.9. The van der Waals surface area contributed by atoms with Gasteiger partial charge in [0.1, 0.15) is 11.8 Å². The summed E-state index contributed by atoms with van der Waals surface area (Å²) >= 11 is 0. The SMILES string of the molecule is O=C(NC1CC1)C1CCCN1C(=O)CCc1ccco1. The Hall–Kier alpha value is -1.78. The third-order valence-corrected chi connectivity index (χ3v) is 3.96. The van der Waals surface area contributed by atoms with Gasteiger partial charge >= 0.3 is 0 Å². The molecule has 0 bridgehead atoms. The number of carbonyl (C=O) groups is 2. The molecule has 1 aromatic rings. The third-order valence-electron chi connectivity index (χ3n) is 3.96. The third kappa shape index (κ3) is 3.03. The molecule has 2 amide bonds. The van der Waals surface area contributed by atoms with Gasteiger partial charge in [-0.15, -0.1) is 0 Å². The molecule has 3 rings (SSSR count).